The largest absolute Gasteiger partial charge is 0.377 e. The monoisotopic (exact) mass is 222 g/mol. The van der Waals surface area contributed by atoms with Crippen molar-refractivity contribution in [1.29, 1.82) is 0 Å². The van der Waals surface area contributed by atoms with Crippen molar-refractivity contribution in [1.82, 2.24) is 9.80 Å². The van der Waals surface area contributed by atoms with Gasteiger partial charge in [-0.1, -0.05) is 30.3 Å². The van der Waals surface area contributed by atoms with Crippen LogP contribution in [0.2, 0.25) is 0 Å². The SMILES string of the molecule is CC1C(O)N(C)[C@H](O)N1Cc1ccccc1. The minimum absolute atomic E-state index is 0.0693. The van der Waals surface area contributed by atoms with Gasteiger partial charge >= 0.3 is 0 Å². The lowest BCUT2D eigenvalue weighted by Crippen LogP contribution is -2.38. The van der Waals surface area contributed by atoms with Crippen LogP contribution in [0.15, 0.2) is 30.3 Å². The molecule has 1 heterocycles. The third-order valence-corrected chi connectivity index (χ3v) is 3.24. The van der Waals surface area contributed by atoms with Gasteiger partial charge < -0.3 is 10.2 Å². The van der Waals surface area contributed by atoms with Crippen LogP contribution < -0.4 is 0 Å². The predicted octanol–water partition coefficient (Wildman–Crippen LogP) is 0.417. The van der Waals surface area contributed by atoms with Crippen LogP contribution in [0.25, 0.3) is 0 Å². The van der Waals surface area contributed by atoms with E-state index in [0.717, 1.165) is 5.56 Å². The van der Waals surface area contributed by atoms with E-state index in [9.17, 15) is 10.2 Å². The molecule has 1 aromatic rings. The van der Waals surface area contributed by atoms with Gasteiger partial charge in [0.2, 0.25) is 0 Å². The van der Waals surface area contributed by atoms with Crippen LogP contribution >= 0.6 is 0 Å². The van der Waals surface area contributed by atoms with Crippen molar-refractivity contribution in [2.75, 3.05) is 7.05 Å². The summed E-state index contributed by atoms with van der Waals surface area (Å²) in [7, 11) is 1.72. The zero-order valence-corrected chi connectivity index (χ0v) is 9.61. The standard InChI is InChI=1S/C12H18N2O2/c1-9-11(15)13(2)12(16)14(9)8-10-6-4-3-5-7-10/h3-7,9,11-12,15-16H,8H2,1-2H3/t9?,11?,12-/m0/s1. The van der Waals surface area contributed by atoms with E-state index in [4.69, 9.17) is 0 Å². The molecule has 0 radical (unpaired) electrons. The minimum Gasteiger partial charge on any atom is -0.377 e. The molecule has 1 fully saturated rings. The van der Waals surface area contributed by atoms with E-state index in [1.165, 1.54) is 0 Å². The second-order valence-electron chi connectivity index (χ2n) is 4.32. The lowest BCUT2D eigenvalue weighted by molar-refractivity contribution is -0.0793. The quantitative estimate of drug-likeness (QED) is 0.761. The number of aliphatic hydroxyl groups excluding tert-OH is 2. The van der Waals surface area contributed by atoms with E-state index >= 15 is 0 Å². The summed E-state index contributed by atoms with van der Waals surface area (Å²) in [6.07, 6.45) is -1.33. The Kier molecular flexibility index (Phi) is 3.25. The highest BCUT2D eigenvalue weighted by Gasteiger charge is 2.40. The molecule has 16 heavy (non-hydrogen) atoms. The van der Waals surface area contributed by atoms with Gasteiger partial charge in [-0.3, -0.25) is 4.90 Å². The molecule has 2 rings (SSSR count). The van der Waals surface area contributed by atoms with Crippen LogP contribution in [0.5, 0.6) is 0 Å². The summed E-state index contributed by atoms with van der Waals surface area (Å²) in [5, 5.41) is 19.8. The summed E-state index contributed by atoms with van der Waals surface area (Å²) in [5.41, 5.74) is 1.14. The van der Waals surface area contributed by atoms with Gasteiger partial charge in [-0.05, 0) is 19.5 Å². The van der Waals surface area contributed by atoms with Gasteiger partial charge in [0, 0.05) is 6.54 Å². The molecule has 0 bridgehead atoms. The maximum atomic E-state index is 9.95. The highest BCUT2D eigenvalue weighted by atomic mass is 16.4. The van der Waals surface area contributed by atoms with E-state index in [1.54, 1.807) is 11.9 Å². The number of hydrogen-bond donors (Lipinski definition) is 2. The Morgan fingerprint density at radius 2 is 1.81 bits per heavy atom. The minimum atomic E-state index is -0.717. The predicted molar refractivity (Wildman–Crippen MR) is 61.2 cm³/mol. The van der Waals surface area contributed by atoms with Crippen LogP contribution in [-0.2, 0) is 6.54 Å². The maximum Gasteiger partial charge on any atom is 0.168 e. The van der Waals surface area contributed by atoms with E-state index in [0.29, 0.717) is 6.54 Å². The maximum absolute atomic E-state index is 9.95. The Morgan fingerprint density at radius 1 is 1.19 bits per heavy atom. The molecule has 1 saturated heterocycles. The third-order valence-electron chi connectivity index (χ3n) is 3.24. The Labute approximate surface area is 95.7 Å². The van der Waals surface area contributed by atoms with Gasteiger partial charge in [0.05, 0.1) is 6.04 Å². The lowest BCUT2D eigenvalue weighted by atomic mass is 10.2. The smallest absolute Gasteiger partial charge is 0.168 e. The molecule has 0 saturated carbocycles. The summed E-state index contributed by atoms with van der Waals surface area (Å²) in [5.74, 6) is 0. The average molecular weight is 222 g/mol. The van der Waals surface area contributed by atoms with Crippen LogP contribution in [-0.4, -0.2) is 45.7 Å². The fourth-order valence-corrected chi connectivity index (χ4v) is 2.11. The van der Waals surface area contributed by atoms with E-state index in [2.05, 4.69) is 0 Å². The molecule has 1 aliphatic heterocycles. The Morgan fingerprint density at radius 3 is 2.31 bits per heavy atom. The normalized spacial score (nSPS) is 32.1. The molecular weight excluding hydrogens is 204 g/mol. The Hall–Kier alpha value is -0.940. The van der Waals surface area contributed by atoms with E-state index in [1.807, 2.05) is 42.2 Å². The number of rotatable bonds is 2. The van der Waals surface area contributed by atoms with Gasteiger partial charge in [0.15, 0.2) is 6.35 Å². The van der Waals surface area contributed by atoms with Gasteiger partial charge in [0.1, 0.15) is 6.23 Å². The first kappa shape index (κ1) is 11.5. The third kappa shape index (κ3) is 1.97. The van der Waals surface area contributed by atoms with Crippen LogP contribution in [0.1, 0.15) is 12.5 Å². The van der Waals surface area contributed by atoms with Crippen molar-refractivity contribution in [3.8, 4) is 0 Å². The Bertz CT molecular complexity index is 330. The zero-order chi connectivity index (χ0) is 11.7. The van der Waals surface area contributed by atoms with Crippen molar-refractivity contribution < 1.29 is 10.2 Å². The molecule has 3 atom stereocenters. The molecule has 4 heteroatoms. The second-order valence-corrected chi connectivity index (χ2v) is 4.32. The molecule has 2 unspecified atom stereocenters. The van der Waals surface area contributed by atoms with Crippen molar-refractivity contribution >= 4 is 0 Å². The molecule has 88 valence electrons. The lowest BCUT2D eigenvalue weighted by Gasteiger charge is -2.24. The van der Waals surface area contributed by atoms with Crippen LogP contribution in [0.3, 0.4) is 0 Å². The van der Waals surface area contributed by atoms with Gasteiger partial charge in [-0.15, -0.1) is 0 Å². The first-order valence-electron chi connectivity index (χ1n) is 5.49. The van der Waals surface area contributed by atoms with Gasteiger partial charge in [-0.25, -0.2) is 4.90 Å². The van der Waals surface area contributed by atoms with Crippen LogP contribution in [0.4, 0.5) is 0 Å². The molecule has 0 aromatic heterocycles. The zero-order valence-electron chi connectivity index (χ0n) is 9.61. The number of nitrogens with zero attached hydrogens (tertiary/aromatic N) is 2. The van der Waals surface area contributed by atoms with Crippen LogP contribution in [0, 0.1) is 0 Å². The first-order valence-corrected chi connectivity index (χ1v) is 5.49. The first-order chi connectivity index (χ1) is 7.61. The summed E-state index contributed by atoms with van der Waals surface area (Å²) in [6.45, 7) is 2.56. The molecule has 0 amide bonds. The number of aliphatic hydroxyl groups is 2. The van der Waals surface area contributed by atoms with Crippen molar-refractivity contribution in [3.63, 3.8) is 0 Å². The molecule has 2 N–H and O–H groups in total. The van der Waals surface area contributed by atoms with Crippen molar-refractivity contribution in [2.45, 2.75) is 32.1 Å². The summed E-state index contributed by atoms with van der Waals surface area (Å²) in [6, 6.07) is 9.88. The fourth-order valence-electron chi connectivity index (χ4n) is 2.11. The summed E-state index contributed by atoms with van der Waals surface area (Å²) in [4.78, 5) is 3.44. The highest BCUT2D eigenvalue weighted by Crippen LogP contribution is 2.24. The van der Waals surface area contributed by atoms with Gasteiger partial charge in [0.25, 0.3) is 0 Å². The Balaban J connectivity index is 2.11. The molecule has 4 nitrogen and oxygen atoms in total. The summed E-state index contributed by atoms with van der Waals surface area (Å²) >= 11 is 0. The van der Waals surface area contributed by atoms with Crippen molar-refractivity contribution in [2.24, 2.45) is 0 Å². The van der Waals surface area contributed by atoms with E-state index in [-0.39, 0.29) is 6.04 Å². The number of hydrogen-bond acceptors (Lipinski definition) is 4. The summed E-state index contributed by atoms with van der Waals surface area (Å²) < 4.78 is 0. The number of likely N-dealkylation sites (N-methyl/N-ethyl adjacent to an activating group) is 1. The molecule has 0 aliphatic carbocycles. The van der Waals surface area contributed by atoms with E-state index < -0.39 is 12.6 Å². The highest BCUT2D eigenvalue weighted by molar-refractivity contribution is 5.15. The topological polar surface area (TPSA) is 46.9 Å². The molecule has 1 aromatic carbocycles. The molecule has 0 spiro atoms. The number of benzene rings is 1. The van der Waals surface area contributed by atoms with Gasteiger partial charge in [-0.2, -0.15) is 0 Å². The second kappa shape index (κ2) is 4.51. The molecule has 1 aliphatic rings. The molecular formula is C12H18N2O2. The average Bonchev–Trinajstić information content (AvgIpc) is 2.48. The van der Waals surface area contributed by atoms with Crippen molar-refractivity contribution in [3.05, 3.63) is 35.9 Å². The fraction of sp³-hybridized carbons (Fsp3) is 0.500.